The number of hydrogen-bond donors (Lipinski definition) is 3. The number of nitrogens with one attached hydrogen (secondary N) is 1. The molecule has 0 amide bonds. The highest BCUT2D eigenvalue weighted by molar-refractivity contribution is 7.10. The van der Waals surface area contributed by atoms with Gasteiger partial charge in [-0.3, -0.25) is 0 Å². The third kappa shape index (κ3) is 3.06. The summed E-state index contributed by atoms with van der Waals surface area (Å²) in [5, 5.41) is 13.0. The van der Waals surface area contributed by atoms with Crippen molar-refractivity contribution in [2.45, 2.75) is 19.4 Å². The number of nitrogen functional groups attached to an aromatic ring is 1. The fraction of sp³-hybridized carbons (Fsp3) is 0.571. The lowest BCUT2D eigenvalue weighted by Gasteiger charge is -2.04. The molecule has 1 unspecified atom stereocenters. The van der Waals surface area contributed by atoms with Gasteiger partial charge < -0.3 is 16.2 Å². The van der Waals surface area contributed by atoms with E-state index in [1.54, 1.807) is 13.0 Å². The number of aliphatic hydroxyl groups is 1. The Kier molecular flexibility index (Phi) is 3.31. The number of anilines is 2. The first-order valence-electron chi connectivity index (χ1n) is 3.82. The first-order chi connectivity index (χ1) is 5.68. The van der Waals surface area contributed by atoms with E-state index in [2.05, 4.69) is 9.69 Å². The summed E-state index contributed by atoms with van der Waals surface area (Å²) >= 11 is 1.33. The number of rotatable bonds is 4. The van der Waals surface area contributed by atoms with Crippen LogP contribution in [0.1, 0.15) is 13.3 Å². The molecule has 0 aliphatic rings. The fourth-order valence-corrected chi connectivity index (χ4v) is 1.37. The molecule has 0 aliphatic carbocycles. The number of nitrogens with zero attached hydrogens (tertiary/aromatic N) is 1. The zero-order valence-electron chi connectivity index (χ0n) is 6.95. The summed E-state index contributed by atoms with van der Waals surface area (Å²) in [7, 11) is 0. The minimum atomic E-state index is -0.261. The molecule has 1 aromatic rings. The van der Waals surface area contributed by atoms with E-state index in [0.717, 1.165) is 18.0 Å². The molecule has 1 rings (SSSR count). The summed E-state index contributed by atoms with van der Waals surface area (Å²) in [4.78, 5) is 0. The van der Waals surface area contributed by atoms with Crippen LogP contribution in [0.3, 0.4) is 0 Å². The van der Waals surface area contributed by atoms with Gasteiger partial charge in [-0.05, 0) is 24.9 Å². The maximum absolute atomic E-state index is 8.96. The van der Waals surface area contributed by atoms with E-state index in [-0.39, 0.29) is 6.10 Å². The van der Waals surface area contributed by atoms with E-state index >= 15 is 0 Å². The van der Waals surface area contributed by atoms with Gasteiger partial charge in [-0.2, -0.15) is 4.37 Å². The summed E-state index contributed by atoms with van der Waals surface area (Å²) in [5.74, 6) is 0.541. The molecule has 0 aliphatic heterocycles. The molecule has 0 fully saturated rings. The maximum atomic E-state index is 8.96. The first-order valence-corrected chi connectivity index (χ1v) is 4.60. The van der Waals surface area contributed by atoms with E-state index in [1.807, 2.05) is 0 Å². The summed E-state index contributed by atoms with van der Waals surface area (Å²) in [6.07, 6.45) is 0.473. The summed E-state index contributed by atoms with van der Waals surface area (Å²) in [6, 6.07) is 1.78. The highest BCUT2D eigenvalue weighted by Gasteiger charge is 1.98. The predicted octanol–water partition coefficient (Wildman–Crippen LogP) is 0.908. The van der Waals surface area contributed by atoms with Crippen LogP contribution in [0.25, 0.3) is 0 Å². The van der Waals surface area contributed by atoms with Crippen LogP contribution in [0.15, 0.2) is 6.07 Å². The van der Waals surface area contributed by atoms with Gasteiger partial charge in [-0.15, -0.1) is 0 Å². The quantitative estimate of drug-likeness (QED) is 0.655. The molecule has 68 valence electrons. The molecule has 0 saturated heterocycles. The Morgan fingerprint density at radius 3 is 3.08 bits per heavy atom. The third-order valence-corrected chi connectivity index (χ3v) is 2.15. The molecule has 0 saturated carbocycles. The molecule has 0 radical (unpaired) electrons. The van der Waals surface area contributed by atoms with Gasteiger partial charge in [0, 0.05) is 12.6 Å². The molecule has 0 bridgehead atoms. The predicted molar refractivity (Wildman–Crippen MR) is 51.3 cm³/mol. The van der Waals surface area contributed by atoms with Gasteiger partial charge >= 0.3 is 0 Å². The van der Waals surface area contributed by atoms with Crippen LogP contribution in [0.4, 0.5) is 10.8 Å². The molecular formula is C7H13N3OS. The van der Waals surface area contributed by atoms with Crippen molar-refractivity contribution in [1.82, 2.24) is 4.37 Å². The van der Waals surface area contributed by atoms with Crippen LogP contribution in [0, 0.1) is 0 Å². The van der Waals surface area contributed by atoms with Crippen LogP contribution in [0.5, 0.6) is 0 Å². The van der Waals surface area contributed by atoms with Gasteiger partial charge in [-0.1, -0.05) is 0 Å². The first kappa shape index (κ1) is 9.28. The lowest BCUT2D eigenvalue weighted by Crippen LogP contribution is -2.08. The molecule has 12 heavy (non-hydrogen) atoms. The van der Waals surface area contributed by atoms with E-state index < -0.39 is 0 Å². The van der Waals surface area contributed by atoms with Gasteiger partial charge in [0.25, 0.3) is 0 Å². The average molecular weight is 187 g/mol. The van der Waals surface area contributed by atoms with Crippen molar-refractivity contribution >= 4 is 22.4 Å². The summed E-state index contributed by atoms with van der Waals surface area (Å²) in [6.45, 7) is 2.52. The SMILES string of the molecule is CC(O)CCNc1cc(N)ns1. The van der Waals surface area contributed by atoms with Gasteiger partial charge in [0.15, 0.2) is 0 Å². The molecule has 0 spiro atoms. The largest absolute Gasteiger partial charge is 0.393 e. The Balaban J connectivity index is 2.24. The Labute approximate surface area is 75.6 Å². The van der Waals surface area contributed by atoms with Crippen molar-refractivity contribution < 1.29 is 5.11 Å². The van der Waals surface area contributed by atoms with Crippen molar-refractivity contribution in [3.05, 3.63) is 6.07 Å². The zero-order valence-corrected chi connectivity index (χ0v) is 7.77. The fourth-order valence-electron chi connectivity index (χ4n) is 0.776. The van der Waals surface area contributed by atoms with Crippen molar-refractivity contribution in [3.63, 3.8) is 0 Å². The lowest BCUT2D eigenvalue weighted by molar-refractivity contribution is 0.189. The van der Waals surface area contributed by atoms with E-state index in [1.165, 1.54) is 11.5 Å². The van der Waals surface area contributed by atoms with Crippen LogP contribution in [-0.4, -0.2) is 22.1 Å². The second-order valence-electron chi connectivity index (χ2n) is 2.68. The Hall–Kier alpha value is -0.810. The average Bonchev–Trinajstić information content (AvgIpc) is 2.35. The number of hydrogen-bond acceptors (Lipinski definition) is 5. The minimum absolute atomic E-state index is 0.261. The molecule has 1 heterocycles. The molecule has 4 nitrogen and oxygen atoms in total. The summed E-state index contributed by atoms with van der Waals surface area (Å²) < 4.78 is 3.91. The van der Waals surface area contributed by atoms with E-state index in [9.17, 15) is 0 Å². The topological polar surface area (TPSA) is 71.2 Å². The normalized spacial score (nSPS) is 12.8. The number of aromatic nitrogens is 1. The van der Waals surface area contributed by atoms with Crippen LogP contribution < -0.4 is 11.1 Å². The highest BCUT2D eigenvalue weighted by atomic mass is 32.1. The zero-order chi connectivity index (χ0) is 8.97. The van der Waals surface area contributed by atoms with E-state index in [0.29, 0.717) is 5.82 Å². The minimum Gasteiger partial charge on any atom is -0.393 e. The maximum Gasteiger partial charge on any atom is 0.139 e. The Morgan fingerprint density at radius 1 is 1.83 bits per heavy atom. The van der Waals surface area contributed by atoms with Crippen LogP contribution in [0.2, 0.25) is 0 Å². The molecule has 1 aromatic heterocycles. The van der Waals surface area contributed by atoms with Crippen molar-refractivity contribution in [2.75, 3.05) is 17.6 Å². The second-order valence-corrected chi connectivity index (χ2v) is 3.49. The van der Waals surface area contributed by atoms with Gasteiger partial charge in [0.2, 0.25) is 0 Å². The van der Waals surface area contributed by atoms with Crippen LogP contribution >= 0.6 is 11.5 Å². The molecule has 0 aromatic carbocycles. The monoisotopic (exact) mass is 187 g/mol. The van der Waals surface area contributed by atoms with Gasteiger partial charge in [0.1, 0.15) is 10.8 Å². The van der Waals surface area contributed by atoms with E-state index in [4.69, 9.17) is 10.8 Å². The van der Waals surface area contributed by atoms with Gasteiger partial charge in [0.05, 0.1) is 6.10 Å². The van der Waals surface area contributed by atoms with Gasteiger partial charge in [-0.25, -0.2) is 0 Å². The molecule has 1 atom stereocenters. The molecule has 4 N–H and O–H groups in total. The highest BCUT2D eigenvalue weighted by Crippen LogP contribution is 2.16. The number of aliphatic hydroxyl groups excluding tert-OH is 1. The Morgan fingerprint density at radius 2 is 2.58 bits per heavy atom. The van der Waals surface area contributed by atoms with Crippen LogP contribution in [-0.2, 0) is 0 Å². The second kappa shape index (κ2) is 4.27. The summed E-state index contributed by atoms with van der Waals surface area (Å²) in [5.41, 5.74) is 5.42. The lowest BCUT2D eigenvalue weighted by atomic mass is 10.3. The third-order valence-electron chi connectivity index (χ3n) is 1.39. The van der Waals surface area contributed by atoms with Crippen molar-refractivity contribution in [3.8, 4) is 0 Å². The molecular weight excluding hydrogens is 174 g/mol. The standard InChI is InChI=1S/C7H13N3OS/c1-5(11)2-3-9-7-4-6(8)10-12-7/h4-5,9,11H,2-3H2,1H3,(H2,8,10). The van der Waals surface area contributed by atoms with Crippen molar-refractivity contribution in [1.29, 1.82) is 0 Å². The number of nitrogens with two attached hydrogens (primary N) is 1. The molecule has 5 heteroatoms. The smallest absolute Gasteiger partial charge is 0.139 e. The Bertz CT molecular complexity index is 236. The van der Waals surface area contributed by atoms with Crippen molar-refractivity contribution in [2.24, 2.45) is 0 Å².